The minimum atomic E-state index is -0.0495. The molecule has 1 amide bonds. The van der Waals surface area contributed by atoms with E-state index in [-0.39, 0.29) is 5.91 Å². The van der Waals surface area contributed by atoms with E-state index < -0.39 is 0 Å². The molecule has 0 atom stereocenters. The largest absolute Gasteiger partial charge is 0.372 e. The highest BCUT2D eigenvalue weighted by Crippen LogP contribution is 2.37. The molecule has 1 heterocycles. The average Bonchev–Trinajstić information content (AvgIpc) is 2.93. The zero-order chi connectivity index (χ0) is 19.6. The Morgan fingerprint density at radius 1 is 1.07 bits per heavy atom. The Balaban J connectivity index is 1.87. The molecule has 0 aromatic heterocycles. The highest BCUT2D eigenvalue weighted by atomic mass is 32.2. The van der Waals surface area contributed by atoms with Gasteiger partial charge in [0.1, 0.15) is 0 Å². The number of anilines is 2. The van der Waals surface area contributed by atoms with Crippen LogP contribution in [0.5, 0.6) is 0 Å². The Morgan fingerprint density at radius 3 is 2.37 bits per heavy atom. The Bertz CT molecular complexity index is 899. The average molecular weight is 397 g/mol. The fraction of sp³-hybridized carbons (Fsp3) is 0.273. The quantitative estimate of drug-likeness (QED) is 0.488. The Hall–Kier alpha value is -2.11. The maximum absolute atomic E-state index is 13.0. The lowest BCUT2D eigenvalue weighted by molar-refractivity contribution is -0.113. The second kappa shape index (κ2) is 8.28. The van der Waals surface area contributed by atoms with Crippen molar-refractivity contribution in [1.29, 1.82) is 0 Å². The summed E-state index contributed by atoms with van der Waals surface area (Å²) < 4.78 is 0.583. The van der Waals surface area contributed by atoms with Crippen LogP contribution in [0.4, 0.5) is 11.4 Å². The maximum atomic E-state index is 13.0. The molecule has 3 nitrogen and oxygen atoms in total. The van der Waals surface area contributed by atoms with Crippen molar-refractivity contribution < 1.29 is 4.79 Å². The monoisotopic (exact) mass is 396 g/mol. The third kappa shape index (κ3) is 4.09. The molecule has 0 spiro atoms. The Morgan fingerprint density at radius 2 is 1.74 bits per heavy atom. The van der Waals surface area contributed by atoms with E-state index in [4.69, 9.17) is 12.2 Å². The molecule has 0 bridgehead atoms. The van der Waals surface area contributed by atoms with Crippen LogP contribution < -0.4 is 9.80 Å². The van der Waals surface area contributed by atoms with E-state index >= 15 is 0 Å². The van der Waals surface area contributed by atoms with Crippen molar-refractivity contribution in [3.63, 3.8) is 0 Å². The number of benzene rings is 2. The molecular weight excluding hydrogens is 372 g/mol. The van der Waals surface area contributed by atoms with Gasteiger partial charge in [0, 0.05) is 18.8 Å². The lowest BCUT2D eigenvalue weighted by Gasteiger charge is -2.20. The first kappa shape index (κ1) is 19.6. The molecule has 1 fully saturated rings. The minimum absolute atomic E-state index is 0.0495. The standard InChI is InChI=1S/C22H24N2OS2/c1-5-23(6-2)18-11-9-17(10-12-18)14-20-21(25)24(22(26)27-20)19-13-15(3)7-8-16(19)4/h7-14H,5-6H2,1-4H3. The summed E-state index contributed by atoms with van der Waals surface area (Å²) in [7, 11) is 0. The van der Waals surface area contributed by atoms with Gasteiger partial charge < -0.3 is 4.90 Å². The Labute approximate surface area is 171 Å². The summed E-state index contributed by atoms with van der Waals surface area (Å²) in [6.07, 6.45) is 1.93. The van der Waals surface area contributed by atoms with Crippen LogP contribution in [0, 0.1) is 13.8 Å². The molecule has 1 aliphatic rings. The van der Waals surface area contributed by atoms with E-state index in [0.29, 0.717) is 9.23 Å². The van der Waals surface area contributed by atoms with Crippen LogP contribution in [0.25, 0.3) is 6.08 Å². The van der Waals surface area contributed by atoms with E-state index in [9.17, 15) is 4.79 Å². The van der Waals surface area contributed by atoms with E-state index in [0.717, 1.165) is 35.5 Å². The van der Waals surface area contributed by atoms with Crippen LogP contribution in [0.15, 0.2) is 47.4 Å². The van der Waals surface area contributed by atoms with Gasteiger partial charge in [-0.2, -0.15) is 0 Å². The molecule has 0 radical (unpaired) electrons. The second-order valence-corrected chi connectivity index (χ2v) is 8.25. The van der Waals surface area contributed by atoms with Crippen molar-refractivity contribution in [3.8, 4) is 0 Å². The molecule has 0 unspecified atom stereocenters. The first-order chi connectivity index (χ1) is 12.9. The molecule has 0 saturated carbocycles. The van der Waals surface area contributed by atoms with E-state index in [1.807, 2.05) is 38.1 Å². The SMILES string of the molecule is CCN(CC)c1ccc(C=C2SC(=S)N(c3cc(C)ccc3C)C2=O)cc1. The molecular formula is C22H24N2OS2. The normalized spacial score (nSPS) is 15.7. The summed E-state index contributed by atoms with van der Waals surface area (Å²) in [5.74, 6) is -0.0495. The molecule has 1 aliphatic heterocycles. The lowest BCUT2D eigenvalue weighted by Crippen LogP contribution is -2.28. The van der Waals surface area contributed by atoms with Gasteiger partial charge in [0.15, 0.2) is 4.32 Å². The number of nitrogens with zero attached hydrogens (tertiary/aromatic N) is 2. The van der Waals surface area contributed by atoms with Crippen LogP contribution in [0.1, 0.15) is 30.5 Å². The number of amides is 1. The predicted octanol–water partition coefficient (Wildman–Crippen LogP) is 5.56. The number of aryl methyl sites for hydroxylation is 2. The first-order valence-corrected chi connectivity index (χ1v) is 10.4. The summed E-state index contributed by atoms with van der Waals surface area (Å²) in [5, 5.41) is 0. The number of rotatable bonds is 5. The molecule has 2 aromatic carbocycles. The molecule has 1 saturated heterocycles. The topological polar surface area (TPSA) is 23.6 Å². The zero-order valence-corrected chi connectivity index (χ0v) is 17.8. The number of carbonyl (C=O) groups excluding carboxylic acids is 1. The lowest BCUT2D eigenvalue weighted by atomic mass is 10.1. The van der Waals surface area contributed by atoms with E-state index in [2.05, 4.69) is 43.0 Å². The zero-order valence-electron chi connectivity index (χ0n) is 16.2. The molecule has 5 heteroatoms. The first-order valence-electron chi connectivity index (χ1n) is 9.14. The Kier molecular flexibility index (Phi) is 6.02. The minimum Gasteiger partial charge on any atom is -0.372 e. The third-order valence-electron chi connectivity index (χ3n) is 4.72. The molecule has 27 heavy (non-hydrogen) atoms. The summed E-state index contributed by atoms with van der Waals surface area (Å²) in [6, 6.07) is 14.4. The van der Waals surface area contributed by atoms with Crippen LogP contribution in [0.3, 0.4) is 0 Å². The molecule has 3 rings (SSSR count). The molecule has 0 N–H and O–H groups in total. The fourth-order valence-electron chi connectivity index (χ4n) is 3.16. The summed E-state index contributed by atoms with van der Waals surface area (Å²) in [4.78, 5) is 17.6. The van der Waals surface area contributed by atoms with Gasteiger partial charge in [-0.1, -0.05) is 48.2 Å². The van der Waals surface area contributed by atoms with Crippen LogP contribution >= 0.6 is 24.0 Å². The smallest absolute Gasteiger partial charge is 0.270 e. The van der Waals surface area contributed by atoms with Gasteiger partial charge in [0.2, 0.25) is 0 Å². The van der Waals surface area contributed by atoms with Gasteiger partial charge in [0.05, 0.1) is 10.6 Å². The van der Waals surface area contributed by atoms with Crippen molar-refractivity contribution in [3.05, 3.63) is 64.1 Å². The fourth-order valence-corrected chi connectivity index (χ4v) is 4.44. The van der Waals surface area contributed by atoms with Gasteiger partial charge in [0.25, 0.3) is 5.91 Å². The highest BCUT2D eigenvalue weighted by Gasteiger charge is 2.34. The number of hydrogen-bond donors (Lipinski definition) is 0. The number of thioether (sulfide) groups is 1. The van der Waals surface area contributed by atoms with Crippen molar-refractivity contribution in [2.24, 2.45) is 0 Å². The summed E-state index contributed by atoms with van der Waals surface area (Å²) in [6.45, 7) is 10.3. The van der Waals surface area contributed by atoms with Gasteiger partial charge in [-0.15, -0.1) is 0 Å². The van der Waals surface area contributed by atoms with Crippen LogP contribution in [0.2, 0.25) is 0 Å². The van der Waals surface area contributed by atoms with Gasteiger partial charge in [-0.3, -0.25) is 9.69 Å². The van der Waals surface area contributed by atoms with E-state index in [1.54, 1.807) is 4.90 Å². The molecule has 0 aliphatic carbocycles. The number of hydrogen-bond acceptors (Lipinski definition) is 4. The van der Waals surface area contributed by atoms with Gasteiger partial charge in [-0.25, -0.2) is 0 Å². The molecule has 2 aromatic rings. The van der Waals surface area contributed by atoms with Gasteiger partial charge >= 0.3 is 0 Å². The summed E-state index contributed by atoms with van der Waals surface area (Å²) in [5.41, 5.74) is 5.23. The highest BCUT2D eigenvalue weighted by molar-refractivity contribution is 8.27. The van der Waals surface area contributed by atoms with Crippen molar-refractivity contribution in [1.82, 2.24) is 0 Å². The van der Waals surface area contributed by atoms with E-state index in [1.165, 1.54) is 17.4 Å². The number of thiocarbonyl (C=S) groups is 1. The summed E-state index contributed by atoms with van der Waals surface area (Å²) >= 11 is 6.87. The third-order valence-corrected chi connectivity index (χ3v) is 6.02. The van der Waals surface area contributed by atoms with Crippen molar-refractivity contribution in [2.45, 2.75) is 27.7 Å². The maximum Gasteiger partial charge on any atom is 0.270 e. The molecule has 140 valence electrons. The van der Waals surface area contributed by atoms with Crippen molar-refractivity contribution in [2.75, 3.05) is 22.9 Å². The number of carbonyl (C=O) groups is 1. The van der Waals surface area contributed by atoms with Gasteiger partial charge in [-0.05, 0) is 68.7 Å². The predicted molar refractivity (Wildman–Crippen MR) is 122 cm³/mol. The second-order valence-electron chi connectivity index (χ2n) is 6.57. The van der Waals surface area contributed by atoms with Crippen molar-refractivity contribution >= 4 is 51.7 Å². The van der Waals surface area contributed by atoms with Crippen LogP contribution in [-0.4, -0.2) is 23.3 Å². The van der Waals surface area contributed by atoms with Crippen LogP contribution in [-0.2, 0) is 4.79 Å².